The van der Waals surface area contributed by atoms with E-state index in [1.54, 1.807) is 7.11 Å². The number of alkyl halides is 3. The first-order valence-electron chi connectivity index (χ1n) is 11.6. The third kappa shape index (κ3) is 4.66. The Kier molecular flexibility index (Phi) is 6.92. The molecule has 4 rings (SSSR count). The van der Waals surface area contributed by atoms with E-state index in [1.807, 2.05) is 11.0 Å². The standard InChI is InChI=1S/C26H31F3N2O3/c1-16-17(2)24(34-12-11-33-4)10-9-23(16)18(3)30-14-22-13-21(30)15-31(22)25(32)19-5-7-20(8-6-19)26(27,28)29/h5-10,18,21-22H,11-15H2,1-4H3/t18-,21-,22-/m0/s1. The Morgan fingerprint density at radius 3 is 2.32 bits per heavy atom. The van der Waals surface area contributed by atoms with Crippen LogP contribution in [0.15, 0.2) is 36.4 Å². The Morgan fingerprint density at radius 1 is 1.03 bits per heavy atom. The number of hydrogen-bond donors (Lipinski definition) is 0. The van der Waals surface area contributed by atoms with Crippen LogP contribution in [-0.4, -0.2) is 61.2 Å². The highest BCUT2D eigenvalue weighted by Gasteiger charge is 2.47. The zero-order chi connectivity index (χ0) is 24.6. The van der Waals surface area contributed by atoms with Crippen molar-refractivity contribution in [2.75, 3.05) is 33.4 Å². The minimum atomic E-state index is -4.41. The Bertz CT molecular complexity index is 1040. The van der Waals surface area contributed by atoms with E-state index in [0.29, 0.717) is 25.3 Å². The predicted octanol–water partition coefficient (Wildman–Crippen LogP) is 5.01. The molecule has 2 aromatic carbocycles. The van der Waals surface area contributed by atoms with Crippen molar-refractivity contribution >= 4 is 5.91 Å². The first-order chi connectivity index (χ1) is 16.1. The molecule has 2 fully saturated rings. The van der Waals surface area contributed by atoms with Crippen LogP contribution in [0.5, 0.6) is 5.75 Å². The van der Waals surface area contributed by atoms with Crippen LogP contribution < -0.4 is 4.74 Å². The highest BCUT2D eigenvalue weighted by molar-refractivity contribution is 5.94. The van der Waals surface area contributed by atoms with E-state index in [9.17, 15) is 18.0 Å². The van der Waals surface area contributed by atoms with Crippen LogP contribution in [0.2, 0.25) is 0 Å². The number of carbonyl (C=O) groups excluding carboxylic acids is 1. The number of amides is 1. The van der Waals surface area contributed by atoms with Gasteiger partial charge in [-0.2, -0.15) is 13.2 Å². The van der Waals surface area contributed by atoms with E-state index in [1.165, 1.54) is 23.3 Å². The van der Waals surface area contributed by atoms with E-state index in [-0.39, 0.29) is 24.0 Å². The second-order valence-electron chi connectivity index (χ2n) is 9.19. The molecule has 2 aliphatic heterocycles. The molecule has 34 heavy (non-hydrogen) atoms. The largest absolute Gasteiger partial charge is 0.491 e. The van der Waals surface area contributed by atoms with E-state index in [2.05, 4.69) is 31.7 Å². The van der Waals surface area contributed by atoms with Gasteiger partial charge < -0.3 is 14.4 Å². The second-order valence-corrected chi connectivity index (χ2v) is 9.19. The molecule has 0 unspecified atom stereocenters. The fourth-order valence-electron chi connectivity index (χ4n) is 5.23. The van der Waals surface area contributed by atoms with Crippen LogP contribution in [0, 0.1) is 13.8 Å². The molecule has 0 spiro atoms. The van der Waals surface area contributed by atoms with Crippen molar-refractivity contribution in [3.8, 4) is 5.75 Å². The summed E-state index contributed by atoms with van der Waals surface area (Å²) in [4.78, 5) is 17.3. The summed E-state index contributed by atoms with van der Waals surface area (Å²) in [5.74, 6) is 0.667. The van der Waals surface area contributed by atoms with Gasteiger partial charge in [0.2, 0.25) is 0 Å². The summed E-state index contributed by atoms with van der Waals surface area (Å²) in [5.41, 5.74) is 3.11. The Morgan fingerprint density at radius 2 is 1.74 bits per heavy atom. The predicted molar refractivity (Wildman–Crippen MR) is 123 cm³/mol. The summed E-state index contributed by atoms with van der Waals surface area (Å²) in [7, 11) is 1.65. The van der Waals surface area contributed by atoms with Crippen molar-refractivity contribution in [3.05, 3.63) is 64.2 Å². The number of halogens is 3. The highest BCUT2D eigenvalue weighted by atomic mass is 19.4. The van der Waals surface area contributed by atoms with Gasteiger partial charge in [-0.25, -0.2) is 0 Å². The quantitative estimate of drug-likeness (QED) is 0.527. The molecule has 5 nitrogen and oxygen atoms in total. The lowest BCUT2D eigenvalue weighted by atomic mass is 9.96. The lowest BCUT2D eigenvalue weighted by Crippen LogP contribution is -2.49. The normalized spacial score (nSPS) is 21.2. The van der Waals surface area contributed by atoms with E-state index >= 15 is 0 Å². The van der Waals surface area contributed by atoms with Crippen LogP contribution >= 0.6 is 0 Å². The molecule has 2 saturated heterocycles. The summed E-state index contributed by atoms with van der Waals surface area (Å²) in [6.07, 6.45) is -3.53. The number of fused-ring (bicyclic) bond motifs is 2. The Balaban J connectivity index is 1.42. The number of piperazine rings is 1. The lowest BCUT2D eigenvalue weighted by molar-refractivity contribution is -0.137. The van der Waals surface area contributed by atoms with Gasteiger partial charge in [0.1, 0.15) is 12.4 Å². The molecule has 2 bridgehead atoms. The van der Waals surface area contributed by atoms with Gasteiger partial charge in [-0.05, 0) is 74.2 Å². The summed E-state index contributed by atoms with van der Waals surface area (Å²) in [6.45, 7) is 8.75. The van der Waals surface area contributed by atoms with Crippen molar-refractivity contribution in [1.82, 2.24) is 9.80 Å². The maximum Gasteiger partial charge on any atom is 0.416 e. The van der Waals surface area contributed by atoms with Crippen molar-refractivity contribution in [2.45, 2.75) is 51.5 Å². The van der Waals surface area contributed by atoms with Crippen LogP contribution in [0.25, 0.3) is 0 Å². The first kappa shape index (κ1) is 24.5. The average molecular weight is 477 g/mol. The van der Waals surface area contributed by atoms with Crippen molar-refractivity contribution in [1.29, 1.82) is 0 Å². The molecule has 3 atom stereocenters. The topological polar surface area (TPSA) is 42.0 Å². The van der Waals surface area contributed by atoms with E-state index in [4.69, 9.17) is 9.47 Å². The molecular weight excluding hydrogens is 445 g/mol. The van der Waals surface area contributed by atoms with Crippen LogP contribution in [0.3, 0.4) is 0 Å². The minimum absolute atomic E-state index is 0.0697. The summed E-state index contributed by atoms with van der Waals surface area (Å²) >= 11 is 0. The van der Waals surface area contributed by atoms with Gasteiger partial charge in [0.05, 0.1) is 12.2 Å². The maximum atomic E-state index is 13.0. The summed E-state index contributed by atoms with van der Waals surface area (Å²) < 4.78 is 49.4. The number of nitrogens with zero attached hydrogens (tertiary/aromatic N) is 2. The van der Waals surface area contributed by atoms with Crippen LogP contribution in [0.1, 0.15) is 52.0 Å². The number of likely N-dealkylation sites (tertiary alicyclic amines) is 2. The fourth-order valence-corrected chi connectivity index (χ4v) is 5.23. The SMILES string of the molecule is COCCOc1ccc([C@H](C)N2C[C@@H]3C[C@H]2CN3C(=O)c2ccc(C(F)(F)F)cc2)c(C)c1C. The number of benzene rings is 2. The molecule has 0 saturated carbocycles. The molecule has 2 heterocycles. The zero-order valence-electron chi connectivity index (χ0n) is 20.0. The molecule has 0 N–H and O–H groups in total. The third-order valence-electron chi connectivity index (χ3n) is 7.27. The first-order valence-corrected chi connectivity index (χ1v) is 11.6. The number of rotatable bonds is 7. The molecular formula is C26H31F3N2O3. The number of methoxy groups -OCH3 is 1. The van der Waals surface area contributed by atoms with Crippen molar-refractivity contribution < 1.29 is 27.4 Å². The Labute approximate surface area is 198 Å². The van der Waals surface area contributed by atoms with Crippen molar-refractivity contribution in [3.63, 3.8) is 0 Å². The smallest absolute Gasteiger partial charge is 0.416 e. The monoisotopic (exact) mass is 476 g/mol. The second kappa shape index (κ2) is 9.58. The molecule has 2 aliphatic rings. The summed E-state index contributed by atoms with van der Waals surface area (Å²) in [5, 5.41) is 0. The Hall–Kier alpha value is -2.58. The molecule has 0 aliphatic carbocycles. The van der Waals surface area contributed by atoms with Gasteiger partial charge in [-0.3, -0.25) is 9.69 Å². The number of ether oxygens (including phenoxy) is 2. The van der Waals surface area contributed by atoms with Gasteiger partial charge in [0, 0.05) is 43.9 Å². The van der Waals surface area contributed by atoms with Gasteiger partial charge in [-0.1, -0.05) is 6.07 Å². The highest BCUT2D eigenvalue weighted by Crippen LogP contribution is 2.39. The number of hydrogen-bond acceptors (Lipinski definition) is 4. The molecule has 1 amide bonds. The van der Waals surface area contributed by atoms with Crippen molar-refractivity contribution in [2.24, 2.45) is 0 Å². The van der Waals surface area contributed by atoms with Crippen LogP contribution in [0.4, 0.5) is 13.2 Å². The molecule has 0 aromatic heterocycles. The number of carbonyl (C=O) groups is 1. The molecule has 0 radical (unpaired) electrons. The fraction of sp³-hybridized carbons (Fsp3) is 0.500. The molecule has 8 heteroatoms. The van der Waals surface area contributed by atoms with E-state index in [0.717, 1.165) is 36.4 Å². The molecule has 184 valence electrons. The van der Waals surface area contributed by atoms with Crippen LogP contribution in [-0.2, 0) is 10.9 Å². The van der Waals surface area contributed by atoms with Gasteiger partial charge in [0.25, 0.3) is 5.91 Å². The lowest BCUT2D eigenvalue weighted by Gasteiger charge is -2.38. The van der Waals surface area contributed by atoms with Gasteiger partial charge in [-0.15, -0.1) is 0 Å². The minimum Gasteiger partial charge on any atom is -0.491 e. The van der Waals surface area contributed by atoms with Gasteiger partial charge >= 0.3 is 6.18 Å². The van der Waals surface area contributed by atoms with Gasteiger partial charge in [0.15, 0.2) is 0 Å². The average Bonchev–Trinajstić information content (AvgIpc) is 3.42. The maximum absolute atomic E-state index is 13.0. The molecule has 2 aromatic rings. The third-order valence-corrected chi connectivity index (χ3v) is 7.27. The zero-order valence-corrected chi connectivity index (χ0v) is 20.0. The van der Waals surface area contributed by atoms with E-state index < -0.39 is 11.7 Å². The summed E-state index contributed by atoms with van der Waals surface area (Å²) in [6, 6.07) is 9.12.